The van der Waals surface area contributed by atoms with Crippen molar-refractivity contribution in [1.29, 1.82) is 0 Å². The van der Waals surface area contributed by atoms with E-state index in [1.165, 1.54) is 5.56 Å². The number of ether oxygens (including phenoxy) is 2. The normalized spacial score (nSPS) is 17.3. The molecule has 6 rings (SSSR count). The van der Waals surface area contributed by atoms with Gasteiger partial charge in [0, 0.05) is 49.8 Å². The number of para-hydroxylation sites is 3. The zero-order valence-corrected chi connectivity index (χ0v) is 19.9. The molecular weight excluding hydrogens is 454 g/mol. The summed E-state index contributed by atoms with van der Waals surface area (Å²) in [5.41, 5.74) is 2.91. The van der Waals surface area contributed by atoms with E-state index >= 15 is 0 Å². The highest BCUT2D eigenvalue weighted by Crippen LogP contribution is 2.31. The highest BCUT2D eigenvalue weighted by molar-refractivity contribution is 6.07. The summed E-state index contributed by atoms with van der Waals surface area (Å²) in [6.07, 6.45) is 1.29. The van der Waals surface area contributed by atoms with E-state index in [2.05, 4.69) is 22.8 Å². The lowest BCUT2D eigenvalue weighted by Gasteiger charge is -2.37. The number of piperazine rings is 1. The standard InChI is InChI=1S/C29H27N3O4/c33-28(23-19-32(18-21-8-2-1-3-9-21)24-11-5-4-10-22(23)24)30-14-16-31(17-15-30)29(34)27-20-35-25-12-6-7-13-26(25)36-27/h1-13,19,27H,14-18,20H2. The molecule has 0 N–H and O–H groups in total. The van der Waals surface area contributed by atoms with Crippen LogP contribution in [0.2, 0.25) is 0 Å². The maximum atomic E-state index is 13.6. The van der Waals surface area contributed by atoms with E-state index in [-0.39, 0.29) is 18.4 Å². The number of carbonyl (C=O) groups is 2. The molecule has 0 bridgehead atoms. The van der Waals surface area contributed by atoms with Crippen LogP contribution in [0.5, 0.6) is 11.5 Å². The number of hydrogen-bond acceptors (Lipinski definition) is 4. The van der Waals surface area contributed by atoms with Gasteiger partial charge in [0.1, 0.15) is 6.61 Å². The molecule has 1 fully saturated rings. The Morgan fingerprint density at radius 1 is 0.778 bits per heavy atom. The van der Waals surface area contributed by atoms with E-state index in [0.29, 0.717) is 49.8 Å². The smallest absolute Gasteiger partial charge is 0.267 e. The maximum absolute atomic E-state index is 13.6. The monoisotopic (exact) mass is 481 g/mol. The summed E-state index contributed by atoms with van der Waals surface area (Å²) in [4.78, 5) is 30.2. The molecule has 36 heavy (non-hydrogen) atoms. The van der Waals surface area contributed by atoms with Crippen LogP contribution in [0.25, 0.3) is 10.9 Å². The average Bonchev–Trinajstić information content (AvgIpc) is 3.31. The van der Waals surface area contributed by atoms with Gasteiger partial charge in [0.25, 0.3) is 11.8 Å². The molecule has 0 aliphatic carbocycles. The van der Waals surface area contributed by atoms with Gasteiger partial charge in [0.2, 0.25) is 6.10 Å². The second kappa shape index (κ2) is 9.41. The van der Waals surface area contributed by atoms with Gasteiger partial charge >= 0.3 is 0 Å². The van der Waals surface area contributed by atoms with Crippen molar-refractivity contribution in [3.05, 3.63) is 96.2 Å². The Bertz CT molecular complexity index is 1410. The first-order valence-corrected chi connectivity index (χ1v) is 12.3. The fourth-order valence-electron chi connectivity index (χ4n) is 4.97. The quantitative estimate of drug-likeness (QED) is 0.445. The lowest BCUT2D eigenvalue weighted by Crippen LogP contribution is -2.55. The van der Waals surface area contributed by atoms with Crippen LogP contribution in [-0.4, -0.2) is 65.1 Å². The molecule has 7 heteroatoms. The van der Waals surface area contributed by atoms with Crippen molar-refractivity contribution in [1.82, 2.24) is 14.4 Å². The molecule has 7 nitrogen and oxygen atoms in total. The molecule has 2 aliphatic heterocycles. The van der Waals surface area contributed by atoms with Crippen LogP contribution in [-0.2, 0) is 11.3 Å². The number of nitrogens with zero attached hydrogens (tertiary/aromatic N) is 3. The molecule has 1 unspecified atom stereocenters. The van der Waals surface area contributed by atoms with Gasteiger partial charge in [-0.15, -0.1) is 0 Å². The molecular formula is C29H27N3O4. The minimum Gasteiger partial charge on any atom is -0.485 e. The predicted octanol–water partition coefficient (Wildman–Crippen LogP) is 3.81. The molecule has 3 aromatic carbocycles. The summed E-state index contributed by atoms with van der Waals surface area (Å²) in [6, 6.07) is 25.6. The number of hydrogen-bond donors (Lipinski definition) is 0. The first kappa shape index (κ1) is 22.2. The van der Waals surface area contributed by atoms with Gasteiger partial charge < -0.3 is 23.8 Å². The Morgan fingerprint density at radius 2 is 1.44 bits per heavy atom. The van der Waals surface area contributed by atoms with Gasteiger partial charge in [-0.1, -0.05) is 60.7 Å². The average molecular weight is 482 g/mol. The fourth-order valence-corrected chi connectivity index (χ4v) is 4.97. The molecule has 1 aromatic heterocycles. The highest BCUT2D eigenvalue weighted by atomic mass is 16.6. The van der Waals surface area contributed by atoms with Crippen molar-refractivity contribution in [3.63, 3.8) is 0 Å². The topological polar surface area (TPSA) is 64.0 Å². The molecule has 0 radical (unpaired) electrons. The molecule has 2 aliphatic rings. The van der Waals surface area contributed by atoms with E-state index in [0.717, 1.165) is 10.9 Å². The number of fused-ring (bicyclic) bond motifs is 2. The van der Waals surface area contributed by atoms with Gasteiger partial charge in [-0.25, -0.2) is 0 Å². The summed E-state index contributed by atoms with van der Waals surface area (Å²) in [5.74, 6) is 1.14. The minimum absolute atomic E-state index is 0.00344. The molecule has 1 saturated heterocycles. The Balaban J connectivity index is 1.14. The van der Waals surface area contributed by atoms with Crippen molar-refractivity contribution >= 4 is 22.7 Å². The highest BCUT2D eigenvalue weighted by Gasteiger charge is 2.34. The number of rotatable bonds is 4. The van der Waals surface area contributed by atoms with Gasteiger partial charge in [0.05, 0.1) is 5.56 Å². The van der Waals surface area contributed by atoms with Crippen molar-refractivity contribution in [2.75, 3.05) is 32.8 Å². The van der Waals surface area contributed by atoms with Gasteiger partial charge in [0.15, 0.2) is 11.5 Å². The van der Waals surface area contributed by atoms with Crippen molar-refractivity contribution in [3.8, 4) is 11.5 Å². The fraction of sp³-hybridized carbons (Fsp3) is 0.241. The first-order valence-electron chi connectivity index (χ1n) is 12.3. The summed E-state index contributed by atoms with van der Waals surface area (Å²) in [7, 11) is 0. The molecule has 182 valence electrons. The summed E-state index contributed by atoms with van der Waals surface area (Å²) in [6.45, 7) is 2.78. The van der Waals surface area contributed by atoms with E-state index in [4.69, 9.17) is 9.47 Å². The Hall–Kier alpha value is -4.26. The van der Waals surface area contributed by atoms with Crippen LogP contribution in [0.1, 0.15) is 15.9 Å². The van der Waals surface area contributed by atoms with Crippen LogP contribution in [0.15, 0.2) is 85.1 Å². The second-order valence-corrected chi connectivity index (χ2v) is 9.16. The number of carbonyl (C=O) groups excluding carboxylic acids is 2. The third-order valence-electron chi connectivity index (χ3n) is 6.88. The first-order chi connectivity index (χ1) is 17.7. The Morgan fingerprint density at radius 3 is 2.25 bits per heavy atom. The van der Waals surface area contributed by atoms with Gasteiger partial charge in [-0.2, -0.15) is 0 Å². The van der Waals surface area contributed by atoms with Crippen molar-refractivity contribution in [2.24, 2.45) is 0 Å². The van der Waals surface area contributed by atoms with Crippen LogP contribution < -0.4 is 9.47 Å². The number of benzene rings is 3. The number of aromatic nitrogens is 1. The molecule has 0 saturated carbocycles. The lowest BCUT2D eigenvalue weighted by atomic mass is 10.1. The third kappa shape index (κ3) is 4.17. The van der Waals surface area contributed by atoms with Gasteiger partial charge in [-0.05, 0) is 23.8 Å². The van der Waals surface area contributed by atoms with E-state index in [1.807, 2.05) is 65.7 Å². The zero-order chi connectivity index (χ0) is 24.5. The Labute approximate surface area is 209 Å². The lowest BCUT2D eigenvalue weighted by molar-refractivity contribution is -0.142. The van der Waals surface area contributed by atoms with Crippen molar-refractivity contribution in [2.45, 2.75) is 12.6 Å². The summed E-state index contributed by atoms with van der Waals surface area (Å²) >= 11 is 0. The summed E-state index contributed by atoms with van der Waals surface area (Å²) in [5, 5.41) is 0.948. The SMILES string of the molecule is O=C(c1cn(Cc2ccccc2)c2ccccc12)N1CCN(C(=O)C2COc3ccccc3O2)CC1. The molecule has 3 heterocycles. The van der Waals surface area contributed by atoms with Crippen LogP contribution in [0.4, 0.5) is 0 Å². The maximum Gasteiger partial charge on any atom is 0.267 e. The number of amides is 2. The molecule has 2 amide bonds. The zero-order valence-electron chi connectivity index (χ0n) is 19.9. The van der Waals surface area contributed by atoms with E-state index in [9.17, 15) is 9.59 Å². The predicted molar refractivity (Wildman–Crippen MR) is 136 cm³/mol. The Kier molecular flexibility index (Phi) is 5.81. The molecule has 1 atom stereocenters. The second-order valence-electron chi connectivity index (χ2n) is 9.16. The molecule has 0 spiro atoms. The minimum atomic E-state index is -0.668. The third-order valence-corrected chi connectivity index (χ3v) is 6.88. The summed E-state index contributed by atoms with van der Waals surface area (Å²) < 4.78 is 13.7. The van der Waals surface area contributed by atoms with E-state index < -0.39 is 6.10 Å². The largest absolute Gasteiger partial charge is 0.485 e. The van der Waals surface area contributed by atoms with Gasteiger partial charge in [-0.3, -0.25) is 9.59 Å². The van der Waals surface area contributed by atoms with Crippen LogP contribution in [0.3, 0.4) is 0 Å². The van der Waals surface area contributed by atoms with Crippen LogP contribution in [0, 0.1) is 0 Å². The molecule has 4 aromatic rings. The van der Waals surface area contributed by atoms with Crippen LogP contribution >= 0.6 is 0 Å². The van der Waals surface area contributed by atoms with E-state index in [1.54, 1.807) is 11.0 Å². The van der Waals surface area contributed by atoms with Crippen molar-refractivity contribution < 1.29 is 19.1 Å².